The molecule has 7 rings (SSSR count). The van der Waals surface area contributed by atoms with Gasteiger partial charge in [-0.05, 0) is 43.2 Å². The fraction of sp³-hybridized carbons (Fsp3) is 0.520. The Morgan fingerprint density at radius 3 is 2.72 bits per heavy atom. The summed E-state index contributed by atoms with van der Waals surface area (Å²) in [5.41, 5.74) is 2.08. The van der Waals surface area contributed by atoms with Gasteiger partial charge < -0.3 is 10.2 Å². The van der Waals surface area contributed by atoms with E-state index in [1.54, 1.807) is 23.3 Å². The number of aromatic amines is 1. The fourth-order valence-corrected chi connectivity index (χ4v) is 6.71. The molecule has 4 aromatic rings. The molecule has 36 heavy (non-hydrogen) atoms. The first-order valence-electron chi connectivity index (χ1n) is 12.5. The second-order valence-electron chi connectivity index (χ2n) is 10.6. The van der Waals surface area contributed by atoms with E-state index in [9.17, 15) is 4.79 Å². The Hall–Kier alpha value is -2.62. The van der Waals surface area contributed by atoms with E-state index >= 15 is 0 Å². The normalized spacial score (nSPS) is 22.3. The molecule has 1 unspecified atom stereocenters. The molecule has 2 aliphatic heterocycles. The molecule has 3 atom stereocenters. The minimum atomic E-state index is -0.152. The molecule has 3 aliphatic rings. The van der Waals surface area contributed by atoms with E-state index in [1.165, 1.54) is 19.3 Å². The van der Waals surface area contributed by atoms with Crippen LogP contribution in [0.5, 0.6) is 0 Å². The Kier molecular flexibility index (Phi) is 5.77. The van der Waals surface area contributed by atoms with Crippen molar-refractivity contribution >= 4 is 51.1 Å². The number of anilines is 1. The molecule has 3 aromatic heterocycles. The van der Waals surface area contributed by atoms with E-state index in [0.29, 0.717) is 73.2 Å². The molecule has 9 nitrogen and oxygen atoms in total. The molecule has 11 heteroatoms. The topological polar surface area (TPSA) is 96.7 Å². The summed E-state index contributed by atoms with van der Waals surface area (Å²) in [6.07, 6.45) is 3.59. The van der Waals surface area contributed by atoms with Crippen molar-refractivity contribution in [1.29, 1.82) is 0 Å². The summed E-state index contributed by atoms with van der Waals surface area (Å²) in [6.45, 7) is 6.20. The summed E-state index contributed by atoms with van der Waals surface area (Å²) >= 11 is 13.2. The Morgan fingerprint density at radius 1 is 1.14 bits per heavy atom. The number of hydrogen-bond acceptors (Lipinski definition) is 6. The molecule has 1 aromatic carbocycles. The van der Waals surface area contributed by atoms with Crippen LogP contribution in [-0.2, 0) is 14.1 Å². The first-order valence-corrected chi connectivity index (χ1v) is 13.3. The molecular weight excluding hydrogens is 499 g/mol. The van der Waals surface area contributed by atoms with Crippen LogP contribution >= 0.6 is 23.2 Å². The highest BCUT2D eigenvalue weighted by molar-refractivity contribution is 6.43. The largest absolute Gasteiger partial charge is 0.342 e. The van der Waals surface area contributed by atoms with Gasteiger partial charge in [0.25, 0.3) is 5.56 Å². The van der Waals surface area contributed by atoms with Crippen molar-refractivity contribution in [3.05, 3.63) is 32.7 Å². The van der Waals surface area contributed by atoms with Gasteiger partial charge >= 0.3 is 0 Å². The van der Waals surface area contributed by atoms with Gasteiger partial charge in [0.1, 0.15) is 16.2 Å². The van der Waals surface area contributed by atoms with Gasteiger partial charge in [0.05, 0.1) is 15.9 Å². The average Bonchev–Trinajstić information content (AvgIpc) is 3.23. The van der Waals surface area contributed by atoms with Crippen LogP contribution in [0.15, 0.2) is 16.9 Å². The Morgan fingerprint density at radius 2 is 1.94 bits per heavy atom. The number of benzene rings is 1. The third-order valence-electron chi connectivity index (χ3n) is 7.77. The fourth-order valence-electron chi connectivity index (χ4n) is 6.09. The van der Waals surface area contributed by atoms with Crippen LogP contribution in [0.1, 0.15) is 33.1 Å². The average molecular weight is 529 g/mol. The second-order valence-corrected chi connectivity index (χ2v) is 11.3. The summed E-state index contributed by atoms with van der Waals surface area (Å²) in [5.74, 6) is 1.80. The minimum absolute atomic E-state index is 0.152. The third kappa shape index (κ3) is 3.71. The quantitative estimate of drug-likeness (QED) is 0.413. The smallest absolute Gasteiger partial charge is 0.266 e. The number of nitrogens with zero attached hydrogens (tertiary/aromatic N) is 6. The van der Waals surface area contributed by atoms with Crippen LogP contribution in [0.4, 0.5) is 5.95 Å². The zero-order valence-corrected chi connectivity index (χ0v) is 22.4. The first-order chi connectivity index (χ1) is 17.2. The maximum absolute atomic E-state index is 13.7. The van der Waals surface area contributed by atoms with Gasteiger partial charge in [0, 0.05) is 44.8 Å². The maximum Gasteiger partial charge on any atom is 0.266 e. The van der Waals surface area contributed by atoms with Gasteiger partial charge in [0.15, 0.2) is 5.65 Å². The van der Waals surface area contributed by atoms with Crippen molar-refractivity contribution in [3.8, 4) is 11.3 Å². The molecule has 5 heterocycles. The van der Waals surface area contributed by atoms with Crippen molar-refractivity contribution < 1.29 is 0 Å². The SMILES string of the molecule is CC(C)N[C@@H]1C[C@H]2CCC1CN(c1nc3[nH]nc(-c4ccc5nn(C)c(Cl)c5c4Cl)c3c(=O)n1C)C2. The van der Waals surface area contributed by atoms with Crippen LogP contribution in [0.3, 0.4) is 0 Å². The lowest BCUT2D eigenvalue weighted by molar-refractivity contribution is 0.231. The van der Waals surface area contributed by atoms with Gasteiger partial charge in [-0.25, -0.2) is 0 Å². The zero-order valence-electron chi connectivity index (χ0n) is 20.8. The number of halogens is 2. The molecule has 2 N–H and O–H groups in total. The van der Waals surface area contributed by atoms with Crippen LogP contribution in [0, 0.1) is 11.8 Å². The van der Waals surface area contributed by atoms with E-state index < -0.39 is 0 Å². The van der Waals surface area contributed by atoms with E-state index in [1.807, 2.05) is 12.1 Å². The Bertz CT molecular complexity index is 1540. The van der Waals surface area contributed by atoms with Crippen LogP contribution in [0.2, 0.25) is 10.2 Å². The molecule has 0 amide bonds. The monoisotopic (exact) mass is 528 g/mol. The van der Waals surface area contributed by atoms with E-state index in [2.05, 4.69) is 39.4 Å². The molecule has 190 valence electrons. The van der Waals surface area contributed by atoms with Crippen molar-refractivity contribution in [2.45, 2.75) is 45.2 Å². The van der Waals surface area contributed by atoms with Gasteiger partial charge in [-0.1, -0.05) is 37.0 Å². The van der Waals surface area contributed by atoms with E-state index in [-0.39, 0.29) is 5.56 Å². The summed E-state index contributed by atoms with van der Waals surface area (Å²) in [7, 11) is 3.56. The molecule has 1 saturated carbocycles. The lowest BCUT2D eigenvalue weighted by Crippen LogP contribution is -2.44. The summed E-state index contributed by atoms with van der Waals surface area (Å²) in [4.78, 5) is 20.9. The number of hydrogen-bond donors (Lipinski definition) is 2. The van der Waals surface area contributed by atoms with Crippen molar-refractivity contribution in [2.75, 3.05) is 18.0 Å². The molecular formula is C25H30Cl2N8O. The van der Waals surface area contributed by atoms with Crippen molar-refractivity contribution in [1.82, 2.24) is 34.8 Å². The number of aryl methyl sites for hydroxylation is 1. The Balaban J connectivity index is 1.42. The van der Waals surface area contributed by atoms with Gasteiger partial charge in [-0.2, -0.15) is 15.2 Å². The second kappa shape index (κ2) is 8.75. The summed E-state index contributed by atoms with van der Waals surface area (Å²) in [6, 6.07) is 4.62. The third-order valence-corrected chi connectivity index (χ3v) is 8.59. The van der Waals surface area contributed by atoms with Crippen LogP contribution < -0.4 is 15.8 Å². The van der Waals surface area contributed by atoms with Crippen LogP contribution in [-0.4, -0.2) is 54.7 Å². The Labute approximate surface area is 218 Å². The van der Waals surface area contributed by atoms with Gasteiger partial charge in [-0.15, -0.1) is 0 Å². The lowest BCUT2D eigenvalue weighted by Gasteiger charge is -2.34. The highest BCUT2D eigenvalue weighted by Crippen LogP contribution is 2.39. The number of nitrogens with one attached hydrogen (secondary N) is 2. The first kappa shape index (κ1) is 23.8. The molecule has 0 radical (unpaired) electrons. The number of rotatable bonds is 4. The van der Waals surface area contributed by atoms with Crippen molar-refractivity contribution in [3.63, 3.8) is 0 Å². The highest BCUT2D eigenvalue weighted by Gasteiger charge is 2.38. The number of H-pyrrole nitrogens is 1. The van der Waals surface area contributed by atoms with Crippen molar-refractivity contribution in [2.24, 2.45) is 25.9 Å². The number of fused-ring (bicyclic) bond motifs is 6. The molecule has 3 fully saturated rings. The molecule has 1 aliphatic carbocycles. The molecule has 2 saturated heterocycles. The highest BCUT2D eigenvalue weighted by atomic mass is 35.5. The summed E-state index contributed by atoms with van der Waals surface area (Å²) in [5, 5.41) is 17.5. The van der Waals surface area contributed by atoms with E-state index in [0.717, 1.165) is 13.1 Å². The van der Waals surface area contributed by atoms with Gasteiger partial charge in [-0.3, -0.25) is 19.1 Å². The molecule has 0 spiro atoms. The maximum atomic E-state index is 13.7. The predicted octanol–water partition coefficient (Wildman–Crippen LogP) is 4.12. The predicted molar refractivity (Wildman–Crippen MR) is 144 cm³/mol. The minimum Gasteiger partial charge on any atom is -0.342 e. The van der Waals surface area contributed by atoms with Gasteiger partial charge in [0.2, 0.25) is 5.95 Å². The van der Waals surface area contributed by atoms with Crippen LogP contribution in [0.25, 0.3) is 33.2 Å². The zero-order chi connectivity index (χ0) is 25.3. The lowest BCUT2D eigenvalue weighted by atomic mass is 9.80. The molecule has 2 bridgehead atoms. The standard InChI is InChI=1S/C25H30Cl2N8O/c1-12(2)28-17-9-13-5-6-14(17)11-35(10-13)25-29-23-19(24(36)33(25)3)21(30-31-23)15-7-8-16-18(20(15)26)22(27)34(4)32-16/h7-8,12-14,17,28H,5-6,9-11H2,1-4H3,(H,30,31)/t13-,14?,17-/m1/s1. The summed E-state index contributed by atoms with van der Waals surface area (Å²) < 4.78 is 3.23. The van der Waals surface area contributed by atoms with E-state index in [4.69, 9.17) is 28.2 Å². The number of aromatic nitrogens is 6.